The maximum Gasteiger partial charge on any atom is 0.318 e. The van der Waals surface area contributed by atoms with Gasteiger partial charge in [-0.05, 0) is 37.4 Å². The quantitative estimate of drug-likeness (QED) is 0.398. The molecule has 42 heavy (non-hydrogen) atoms. The number of benzene rings is 2. The normalized spacial score (nSPS) is 21.1. The van der Waals surface area contributed by atoms with Gasteiger partial charge in [-0.2, -0.15) is 15.2 Å². The van der Waals surface area contributed by atoms with Gasteiger partial charge in [-0.25, -0.2) is 0 Å². The molecule has 0 bridgehead atoms. The molecule has 1 aromatic heterocycles. The van der Waals surface area contributed by atoms with Crippen molar-refractivity contribution in [3.63, 3.8) is 0 Å². The first kappa shape index (κ1) is 27.9. The van der Waals surface area contributed by atoms with Crippen molar-refractivity contribution in [3.8, 4) is 12.1 Å². The number of rotatable bonds is 7. The van der Waals surface area contributed by atoms with Crippen LogP contribution in [0, 0.1) is 11.3 Å². The van der Waals surface area contributed by atoms with E-state index in [1.54, 1.807) is 4.90 Å². The first-order valence-corrected chi connectivity index (χ1v) is 14.7. The average molecular weight is 568 g/mol. The number of hydrogen-bond donors (Lipinski definition) is 0. The van der Waals surface area contributed by atoms with E-state index in [9.17, 15) is 10.1 Å². The summed E-state index contributed by atoms with van der Waals surface area (Å²) in [5, 5.41) is 11.9. The van der Waals surface area contributed by atoms with Crippen LogP contribution in [0.1, 0.15) is 24.1 Å². The minimum absolute atomic E-state index is 0.147. The Bertz CT molecular complexity index is 1500. The van der Waals surface area contributed by atoms with Crippen LogP contribution < -0.4 is 14.5 Å². The van der Waals surface area contributed by atoms with Crippen molar-refractivity contribution in [1.82, 2.24) is 19.8 Å². The molecule has 3 aliphatic rings. The number of nitrogens with zero attached hydrogens (tertiary/aromatic N) is 7. The molecular formula is C32H37N7O3. The zero-order valence-electron chi connectivity index (χ0n) is 24.1. The lowest BCUT2D eigenvalue weighted by Crippen LogP contribution is -2.55. The number of carbonyl (C=O) groups excluding carboxylic acids is 1. The number of aromatic nitrogens is 2. The number of piperazine rings is 1. The van der Waals surface area contributed by atoms with Crippen LogP contribution in [0.4, 0.5) is 11.5 Å². The summed E-state index contributed by atoms with van der Waals surface area (Å²) in [7, 11) is 2.04. The van der Waals surface area contributed by atoms with Crippen LogP contribution in [0.2, 0.25) is 0 Å². The molecule has 0 spiro atoms. The molecule has 0 aliphatic carbocycles. The highest BCUT2D eigenvalue weighted by Gasteiger charge is 2.33. The fraction of sp³-hybridized carbons (Fsp3) is 0.438. The summed E-state index contributed by atoms with van der Waals surface area (Å²) in [6.45, 7) is 8.72. The van der Waals surface area contributed by atoms with Crippen LogP contribution in [0.25, 0.3) is 10.8 Å². The van der Waals surface area contributed by atoms with Crippen molar-refractivity contribution >= 4 is 28.2 Å². The number of amides is 1. The molecule has 3 aliphatic heterocycles. The van der Waals surface area contributed by atoms with Crippen LogP contribution in [-0.4, -0.2) is 90.9 Å². The lowest BCUT2D eigenvalue weighted by atomic mass is 10.0. The second-order valence-corrected chi connectivity index (χ2v) is 11.1. The Kier molecular flexibility index (Phi) is 8.22. The molecule has 2 aromatic carbocycles. The Morgan fingerprint density at radius 3 is 2.83 bits per heavy atom. The van der Waals surface area contributed by atoms with Crippen molar-refractivity contribution in [2.75, 3.05) is 62.8 Å². The Morgan fingerprint density at radius 2 is 2.00 bits per heavy atom. The van der Waals surface area contributed by atoms with Gasteiger partial charge in [-0.3, -0.25) is 9.69 Å². The summed E-state index contributed by atoms with van der Waals surface area (Å²) in [5.74, 6) is 0.685. The highest BCUT2D eigenvalue weighted by atomic mass is 16.6. The highest BCUT2D eigenvalue weighted by Crippen LogP contribution is 2.35. The third kappa shape index (κ3) is 5.62. The molecular weight excluding hydrogens is 530 g/mol. The SMILES string of the molecule is C=CC(=O)N1CCN(c2nc(OC[C@@H]3OCCCN3C)nc3c2CCN(c2cccc4ccccc24)C3)CC1CC#N. The highest BCUT2D eigenvalue weighted by molar-refractivity contribution is 5.94. The third-order valence-corrected chi connectivity index (χ3v) is 8.51. The number of likely N-dealkylation sites (N-methyl/N-ethyl adjacent to an activating group) is 1. The summed E-state index contributed by atoms with van der Waals surface area (Å²) in [6, 6.07) is 17.2. The number of hydrogen-bond acceptors (Lipinski definition) is 9. The molecule has 10 nitrogen and oxygen atoms in total. The zero-order chi connectivity index (χ0) is 29.1. The Labute approximate surface area is 246 Å². The Morgan fingerprint density at radius 1 is 1.14 bits per heavy atom. The number of nitriles is 1. The summed E-state index contributed by atoms with van der Waals surface area (Å²) in [6.07, 6.45) is 3.19. The minimum atomic E-state index is -0.246. The summed E-state index contributed by atoms with van der Waals surface area (Å²) < 4.78 is 12.1. The Hall–Kier alpha value is -4.20. The van der Waals surface area contributed by atoms with E-state index in [1.165, 1.54) is 22.5 Å². The van der Waals surface area contributed by atoms with E-state index in [0.717, 1.165) is 43.0 Å². The van der Waals surface area contributed by atoms with Crippen LogP contribution in [0.15, 0.2) is 55.1 Å². The van der Waals surface area contributed by atoms with Crippen LogP contribution >= 0.6 is 0 Å². The molecule has 2 atom stereocenters. The largest absolute Gasteiger partial charge is 0.459 e. The van der Waals surface area contributed by atoms with Gasteiger partial charge in [0.05, 0.1) is 37.4 Å². The predicted molar refractivity (Wildman–Crippen MR) is 161 cm³/mol. The molecule has 2 saturated heterocycles. The third-order valence-electron chi connectivity index (χ3n) is 8.51. The van der Waals surface area contributed by atoms with E-state index in [1.807, 2.05) is 7.05 Å². The van der Waals surface area contributed by atoms with Gasteiger partial charge in [-0.1, -0.05) is 43.0 Å². The van der Waals surface area contributed by atoms with Crippen molar-refractivity contribution in [1.29, 1.82) is 5.26 Å². The molecule has 2 fully saturated rings. The van der Waals surface area contributed by atoms with Gasteiger partial charge < -0.3 is 24.2 Å². The fourth-order valence-electron chi connectivity index (χ4n) is 6.27. The summed E-state index contributed by atoms with van der Waals surface area (Å²) in [4.78, 5) is 30.9. The second kappa shape index (κ2) is 12.3. The summed E-state index contributed by atoms with van der Waals surface area (Å²) in [5.41, 5.74) is 3.22. The predicted octanol–water partition coefficient (Wildman–Crippen LogP) is 3.37. The van der Waals surface area contributed by atoms with Gasteiger partial charge in [-0.15, -0.1) is 0 Å². The molecule has 4 heterocycles. The molecule has 10 heteroatoms. The molecule has 0 N–H and O–H groups in total. The lowest BCUT2D eigenvalue weighted by molar-refractivity contribution is -0.128. The van der Waals surface area contributed by atoms with Crippen LogP contribution in [0.3, 0.4) is 0 Å². The van der Waals surface area contributed by atoms with Crippen molar-refractivity contribution in [2.24, 2.45) is 0 Å². The van der Waals surface area contributed by atoms with Gasteiger partial charge >= 0.3 is 6.01 Å². The molecule has 218 valence electrons. The number of fused-ring (bicyclic) bond motifs is 2. The van der Waals surface area contributed by atoms with E-state index >= 15 is 0 Å². The Balaban J connectivity index is 1.32. The van der Waals surface area contributed by atoms with Gasteiger partial charge in [0.15, 0.2) is 0 Å². The average Bonchev–Trinajstić information content (AvgIpc) is 3.03. The second-order valence-electron chi connectivity index (χ2n) is 11.1. The first-order valence-electron chi connectivity index (χ1n) is 14.7. The minimum Gasteiger partial charge on any atom is -0.459 e. The van der Waals surface area contributed by atoms with Crippen LogP contribution in [0.5, 0.6) is 6.01 Å². The summed E-state index contributed by atoms with van der Waals surface area (Å²) >= 11 is 0. The maximum absolute atomic E-state index is 12.5. The molecule has 6 rings (SSSR count). The molecule has 3 aromatic rings. The molecule has 1 unspecified atom stereocenters. The number of anilines is 2. The van der Waals surface area contributed by atoms with Gasteiger partial charge in [0.25, 0.3) is 0 Å². The molecule has 1 amide bonds. The number of carbonyl (C=O) groups is 1. The maximum atomic E-state index is 12.5. The van der Waals surface area contributed by atoms with Crippen molar-refractivity contribution in [3.05, 3.63) is 66.4 Å². The smallest absolute Gasteiger partial charge is 0.318 e. The van der Waals surface area contributed by atoms with Gasteiger partial charge in [0, 0.05) is 49.4 Å². The van der Waals surface area contributed by atoms with Gasteiger partial charge in [0.2, 0.25) is 5.91 Å². The monoisotopic (exact) mass is 567 g/mol. The van der Waals surface area contributed by atoms with E-state index in [-0.39, 0.29) is 24.6 Å². The molecule has 0 saturated carbocycles. The van der Waals surface area contributed by atoms with Crippen molar-refractivity contribution in [2.45, 2.75) is 38.1 Å². The number of ether oxygens (including phenoxy) is 2. The van der Waals surface area contributed by atoms with Gasteiger partial charge in [0.1, 0.15) is 18.7 Å². The van der Waals surface area contributed by atoms with Crippen LogP contribution in [-0.2, 0) is 22.5 Å². The van der Waals surface area contributed by atoms with E-state index in [0.29, 0.717) is 45.4 Å². The first-order chi connectivity index (χ1) is 20.6. The van der Waals surface area contributed by atoms with Crippen molar-refractivity contribution < 1.29 is 14.3 Å². The van der Waals surface area contributed by atoms with E-state index < -0.39 is 0 Å². The molecule has 0 radical (unpaired) electrons. The van der Waals surface area contributed by atoms with E-state index in [4.69, 9.17) is 19.4 Å². The zero-order valence-corrected chi connectivity index (χ0v) is 24.1. The fourth-order valence-corrected chi connectivity index (χ4v) is 6.27. The topological polar surface area (TPSA) is 98.1 Å². The standard InChI is InChI=1S/C32H37N7O3/c1-3-29(40)39-18-17-38(20-24(39)12-14-33)31-26-13-16-37(28-11-6-9-23-8-4-5-10-25(23)28)21-27(26)34-32(35-31)42-22-30-36(2)15-7-19-41-30/h3-6,8-11,24,30H,1,7,12-13,15-22H2,2H3/t24?,30-/m0/s1. The van der Waals surface area contributed by atoms with E-state index in [2.05, 4.69) is 69.8 Å². The lowest BCUT2D eigenvalue weighted by Gasteiger charge is -2.42.